The standard InChI is InChI=1S/C16H26.3C13H20.3C11H16.C10H14/c1-10(2)14-8-15(11(3)4)13(7)16(9-14)12(5)6;1-9(2)12-6-11(5)7-13(8-12)10(3)4;1-9(2)12-7-6-11(5)13(8-12)10(3)4;1-9(2)12-7-6-8-13(10(3)4)11(12)5;1-9-5-7-10(8-6-9)11(2,3)4;1-9-6-5-7-10(8-9)11(2,3)4;1-9-7-5-6-8-10(9)11(2,3)4;1-8(2)10-6-4-9(3)5-7-10/h8-12H,1-7H3;3*6-10H,1-5H3;3*5-8H,1-4H3;4-8H,1-3H3. The van der Waals surface area contributed by atoms with Gasteiger partial charge in [-0.15, -0.1) is 0 Å². The second kappa shape index (κ2) is 42.1. The Kier molecular flexibility index (Phi) is 38.6. The maximum absolute atomic E-state index is 2.40. The van der Waals surface area contributed by atoms with E-state index >= 15 is 0 Å². The lowest BCUT2D eigenvalue weighted by Crippen LogP contribution is -2.12. The Hall–Kier alpha value is -6.24. The zero-order chi connectivity index (χ0) is 75.5. The maximum atomic E-state index is 2.40. The predicted octanol–water partition coefficient (Wildman–Crippen LogP) is 31.1. The van der Waals surface area contributed by atoms with E-state index in [1.807, 2.05) is 0 Å². The topological polar surface area (TPSA) is 0 Å². The van der Waals surface area contributed by atoms with Crippen LogP contribution in [0.25, 0.3) is 0 Å². The third-order valence-corrected chi connectivity index (χ3v) is 18.6. The summed E-state index contributed by atoms with van der Waals surface area (Å²) in [6, 6.07) is 59.9. The fraction of sp³-hybridized carbons (Fsp3) is 0.510. The van der Waals surface area contributed by atoms with Gasteiger partial charge < -0.3 is 0 Å². The van der Waals surface area contributed by atoms with E-state index in [0.29, 0.717) is 59.2 Å². The average Bonchev–Trinajstić information content (AvgIpc) is 0.808. The van der Waals surface area contributed by atoms with Gasteiger partial charge in [0, 0.05) is 0 Å². The van der Waals surface area contributed by atoms with Crippen molar-refractivity contribution in [2.75, 3.05) is 0 Å². The van der Waals surface area contributed by atoms with Crippen molar-refractivity contribution >= 4 is 0 Å². The molecule has 0 bridgehead atoms. The molecule has 0 heteroatoms. The highest BCUT2D eigenvalue weighted by Crippen LogP contribution is 2.33. The summed E-state index contributed by atoms with van der Waals surface area (Å²) >= 11 is 0. The van der Waals surface area contributed by atoms with Crippen molar-refractivity contribution in [2.45, 2.75) is 332 Å². The van der Waals surface area contributed by atoms with Crippen molar-refractivity contribution in [3.05, 3.63) is 281 Å². The molecular weight excluding hydrogens is 1180 g/mol. The van der Waals surface area contributed by atoms with Gasteiger partial charge >= 0.3 is 0 Å². The van der Waals surface area contributed by atoms with Crippen LogP contribution in [-0.4, -0.2) is 0 Å². The van der Waals surface area contributed by atoms with Gasteiger partial charge in [0.2, 0.25) is 0 Å². The molecule has 0 aliphatic rings. The molecule has 98 heavy (non-hydrogen) atoms. The second-order valence-corrected chi connectivity index (χ2v) is 34.4. The highest BCUT2D eigenvalue weighted by atomic mass is 14.2. The molecule has 0 aliphatic heterocycles. The number of hydrogen-bond acceptors (Lipinski definition) is 0. The number of rotatable bonds is 10. The third kappa shape index (κ3) is 32.4. The fourth-order valence-corrected chi connectivity index (χ4v) is 11.9. The van der Waals surface area contributed by atoms with E-state index in [1.54, 1.807) is 0 Å². The molecule has 8 aromatic rings. The van der Waals surface area contributed by atoms with Gasteiger partial charge in [-0.3, -0.25) is 0 Å². The minimum absolute atomic E-state index is 0.283. The van der Waals surface area contributed by atoms with Crippen molar-refractivity contribution in [1.82, 2.24) is 0 Å². The Balaban J connectivity index is 0.000000562. The van der Waals surface area contributed by atoms with Crippen LogP contribution < -0.4 is 0 Å². The molecule has 0 nitrogen and oxygen atoms in total. The maximum Gasteiger partial charge on any atom is -0.0129 e. The quantitative estimate of drug-likeness (QED) is 0.128. The van der Waals surface area contributed by atoms with Gasteiger partial charge in [-0.05, 0) is 225 Å². The molecule has 0 fully saturated rings. The van der Waals surface area contributed by atoms with E-state index in [1.165, 1.54) is 117 Å². The smallest absolute Gasteiger partial charge is 0.0129 e. The van der Waals surface area contributed by atoms with E-state index in [9.17, 15) is 0 Å². The summed E-state index contributed by atoms with van der Waals surface area (Å²) in [5, 5.41) is 0. The normalized spacial score (nSPS) is 11.4. The molecule has 0 saturated heterocycles. The van der Waals surface area contributed by atoms with Crippen LogP contribution in [-0.2, 0) is 16.2 Å². The van der Waals surface area contributed by atoms with Gasteiger partial charge in [-0.2, -0.15) is 0 Å². The highest BCUT2D eigenvalue weighted by molar-refractivity contribution is 5.43. The zero-order valence-corrected chi connectivity index (χ0v) is 70.4. The second-order valence-electron chi connectivity index (χ2n) is 34.4. The van der Waals surface area contributed by atoms with Crippen LogP contribution in [0.1, 0.15) is 377 Å². The van der Waals surface area contributed by atoms with Gasteiger partial charge in [0.05, 0.1) is 0 Å². The van der Waals surface area contributed by atoms with Crippen molar-refractivity contribution in [1.29, 1.82) is 0 Å². The third-order valence-electron chi connectivity index (χ3n) is 18.6. The van der Waals surface area contributed by atoms with E-state index < -0.39 is 0 Å². The summed E-state index contributed by atoms with van der Waals surface area (Å²) in [7, 11) is 0. The molecule has 8 rings (SSSR count). The van der Waals surface area contributed by atoms with Crippen LogP contribution in [0.2, 0.25) is 0 Å². The molecule has 0 atom stereocenters. The molecule has 0 unspecified atom stereocenters. The SMILES string of the molecule is Cc1c(C(C)C)cc(C(C)C)cc1C(C)C.Cc1c(C(C)C)cccc1C(C)C.Cc1cc(C(C)C)cc(C(C)C)c1.Cc1ccc(C(C)(C)C)cc1.Cc1ccc(C(C)C)cc1.Cc1ccc(C(C)C)cc1C(C)C.Cc1cccc(C(C)(C)C)c1.Cc1ccccc1C(C)(C)C. The molecule has 0 saturated carbocycles. The molecule has 0 aromatic heterocycles. The minimum atomic E-state index is 0.283. The first-order valence-electron chi connectivity index (χ1n) is 37.8. The minimum Gasteiger partial charge on any atom is -0.0620 e. The Bertz CT molecular complexity index is 3430. The van der Waals surface area contributed by atoms with E-state index in [-0.39, 0.29) is 16.2 Å². The van der Waals surface area contributed by atoms with Gasteiger partial charge in [0.25, 0.3) is 0 Å². The first-order valence-corrected chi connectivity index (χ1v) is 37.8. The van der Waals surface area contributed by atoms with E-state index in [2.05, 4.69) is 420 Å². The van der Waals surface area contributed by atoms with E-state index in [0.717, 1.165) is 0 Å². The van der Waals surface area contributed by atoms with Crippen LogP contribution >= 0.6 is 0 Å². The predicted molar refractivity (Wildman–Crippen MR) is 446 cm³/mol. The van der Waals surface area contributed by atoms with E-state index in [4.69, 9.17) is 0 Å². The monoisotopic (exact) mass is 1330 g/mol. The molecule has 0 spiro atoms. The molecule has 0 N–H and O–H groups in total. The lowest BCUT2D eigenvalue weighted by atomic mass is 9.84. The van der Waals surface area contributed by atoms with Crippen molar-refractivity contribution < 1.29 is 0 Å². The molecule has 0 amide bonds. The number of hydrogen-bond donors (Lipinski definition) is 0. The molecule has 0 radical (unpaired) electrons. The van der Waals surface area contributed by atoms with Crippen molar-refractivity contribution in [3.63, 3.8) is 0 Å². The Morgan fingerprint density at radius 1 is 0.204 bits per heavy atom. The molecule has 8 aromatic carbocycles. The Morgan fingerprint density at radius 2 is 0.551 bits per heavy atom. The van der Waals surface area contributed by atoms with Crippen LogP contribution in [0.3, 0.4) is 0 Å². The lowest BCUT2D eigenvalue weighted by Gasteiger charge is -2.21. The Labute approximate surface area is 608 Å². The molecule has 0 heterocycles. The van der Waals surface area contributed by atoms with Gasteiger partial charge in [0.1, 0.15) is 0 Å². The molecule has 0 aliphatic carbocycles. The van der Waals surface area contributed by atoms with Crippen LogP contribution in [0.5, 0.6) is 0 Å². The first kappa shape index (κ1) is 89.8. The summed E-state index contributed by atoms with van der Waals surface area (Å²) < 4.78 is 0. The summed E-state index contributed by atoms with van der Waals surface area (Å²) in [4.78, 5) is 0. The van der Waals surface area contributed by atoms with Crippen LogP contribution in [0, 0.1) is 55.4 Å². The summed E-state index contributed by atoms with van der Waals surface area (Å²) in [5.41, 5.74) is 31.1. The van der Waals surface area contributed by atoms with Gasteiger partial charge in [0.15, 0.2) is 0 Å². The fourth-order valence-electron chi connectivity index (χ4n) is 11.9. The van der Waals surface area contributed by atoms with Gasteiger partial charge in [-0.1, -0.05) is 387 Å². The van der Waals surface area contributed by atoms with Gasteiger partial charge in [-0.25, -0.2) is 0 Å². The number of benzene rings is 8. The largest absolute Gasteiger partial charge is 0.0620 e. The van der Waals surface area contributed by atoms with Crippen molar-refractivity contribution in [2.24, 2.45) is 0 Å². The summed E-state index contributed by atoms with van der Waals surface area (Å²) in [5.74, 6) is 6.34. The number of aryl methyl sites for hydroxylation is 6. The average molecular weight is 1330 g/mol. The summed E-state index contributed by atoms with van der Waals surface area (Å²) in [6.07, 6.45) is 0. The molecule has 540 valence electrons. The van der Waals surface area contributed by atoms with Crippen molar-refractivity contribution in [3.8, 4) is 0 Å². The molecular formula is C98H148. The zero-order valence-electron chi connectivity index (χ0n) is 70.4. The Morgan fingerprint density at radius 3 is 0.888 bits per heavy atom. The van der Waals surface area contributed by atoms with Crippen LogP contribution in [0.15, 0.2) is 164 Å². The summed E-state index contributed by atoms with van der Waals surface area (Å²) in [6.45, 7) is 82.7. The van der Waals surface area contributed by atoms with Crippen LogP contribution in [0.4, 0.5) is 0 Å². The lowest BCUT2D eigenvalue weighted by molar-refractivity contribution is 0.586. The highest BCUT2D eigenvalue weighted by Gasteiger charge is 2.17. The first-order chi connectivity index (χ1) is 45.1.